The van der Waals surface area contributed by atoms with Crippen molar-refractivity contribution in [3.63, 3.8) is 0 Å². The topological polar surface area (TPSA) is 81.4 Å². The Morgan fingerprint density at radius 3 is 2.53 bits per heavy atom. The molecule has 6 heteroatoms. The van der Waals surface area contributed by atoms with Crippen molar-refractivity contribution in [1.82, 2.24) is 5.32 Å². The van der Waals surface area contributed by atoms with E-state index >= 15 is 0 Å². The van der Waals surface area contributed by atoms with Crippen molar-refractivity contribution in [3.05, 3.63) is 35.9 Å². The number of thiocarbonyl (C=S) groups is 1. The van der Waals surface area contributed by atoms with Gasteiger partial charge in [0.2, 0.25) is 5.91 Å². The largest absolute Gasteiger partial charge is 0.457 e. The molecular weight excluding hydrogens is 264 g/mol. The molecular formula is C13H16N2O3S. The maximum Gasteiger partial charge on any atom is 0.329 e. The number of benzene rings is 1. The van der Waals surface area contributed by atoms with Crippen LogP contribution in [-0.2, 0) is 20.7 Å². The lowest BCUT2D eigenvalue weighted by atomic mass is 10.1. The Morgan fingerprint density at radius 1 is 1.37 bits per heavy atom. The molecule has 0 aliphatic carbocycles. The van der Waals surface area contributed by atoms with E-state index in [0.29, 0.717) is 6.42 Å². The van der Waals surface area contributed by atoms with Crippen LogP contribution in [0, 0.1) is 0 Å². The second-order valence-corrected chi connectivity index (χ2v) is 4.54. The van der Waals surface area contributed by atoms with Crippen LogP contribution < -0.4 is 11.1 Å². The molecule has 102 valence electrons. The Labute approximate surface area is 117 Å². The molecule has 0 aliphatic rings. The molecule has 1 atom stereocenters. The van der Waals surface area contributed by atoms with Crippen molar-refractivity contribution < 1.29 is 14.3 Å². The van der Waals surface area contributed by atoms with E-state index in [1.165, 1.54) is 6.92 Å². The number of ether oxygens (including phenoxy) is 1. The van der Waals surface area contributed by atoms with Crippen molar-refractivity contribution in [2.45, 2.75) is 19.4 Å². The highest BCUT2D eigenvalue weighted by atomic mass is 32.1. The van der Waals surface area contributed by atoms with Crippen molar-refractivity contribution in [3.8, 4) is 0 Å². The molecule has 1 amide bonds. The number of carbonyl (C=O) groups is 2. The molecule has 0 saturated heterocycles. The number of hydrogen-bond donors (Lipinski definition) is 2. The van der Waals surface area contributed by atoms with Gasteiger partial charge in [-0.05, 0) is 5.56 Å². The first-order valence-electron chi connectivity index (χ1n) is 5.75. The lowest BCUT2D eigenvalue weighted by molar-refractivity contribution is -0.146. The average Bonchev–Trinajstić information content (AvgIpc) is 2.36. The SMILES string of the molecule is CC(=O)N[C@@H](Cc1ccccc1)C(=O)OCC(N)=S. The van der Waals surface area contributed by atoms with E-state index in [1.54, 1.807) is 0 Å². The normalized spacial score (nSPS) is 11.4. The highest BCUT2D eigenvalue weighted by molar-refractivity contribution is 7.80. The van der Waals surface area contributed by atoms with Crippen molar-refractivity contribution in [1.29, 1.82) is 0 Å². The zero-order valence-corrected chi connectivity index (χ0v) is 11.4. The van der Waals surface area contributed by atoms with Crippen molar-refractivity contribution >= 4 is 29.1 Å². The van der Waals surface area contributed by atoms with E-state index in [0.717, 1.165) is 5.56 Å². The molecule has 0 aliphatic heterocycles. The van der Waals surface area contributed by atoms with Gasteiger partial charge < -0.3 is 15.8 Å². The molecule has 0 radical (unpaired) electrons. The smallest absolute Gasteiger partial charge is 0.329 e. The monoisotopic (exact) mass is 280 g/mol. The van der Waals surface area contributed by atoms with Gasteiger partial charge in [-0.25, -0.2) is 4.79 Å². The number of esters is 1. The Hall–Kier alpha value is -1.95. The molecule has 0 fully saturated rings. The Kier molecular flexibility index (Phi) is 5.95. The molecule has 1 aromatic carbocycles. The Bertz CT molecular complexity index is 462. The number of rotatable bonds is 6. The fraction of sp³-hybridized carbons (Fsp3) is 0.308. The summed E-state index contributed by atoms with van der Waals surface area (Å²) < 4.78 is 4.92. The second kappa shape index (κ2) is 7.48. The molecule has 0 unspecified atom stereocenters. The highest BCUT2D eigenvalue weighted by Crippen LogP contribution is 2.04. The van der Waals surface area contributed by atoms with Crippen LogP contribution in [0.4, 0.5) is 0 Å². The maximum atomic E-state index is 11.8. The summed E-state index contributed by atoms with van der Waals surface area (Å²) in [6.45, 7) is 1.22. The van der Waals surface area contributed by atoms with Gasteiger partial charge in [-0.3, -0.25) is 4.79 Å². The summed E-state index contributed by atoms with van der Waals surface area (Å²) in [6.07, 6.45) is 0.358. The zero-order chi connectivity index (χ0) is 14.3. The third-order valence-corrected chi connectivity index (χ3v) is 2.42. The lowest BCUT2D eigenvalue weighted by Gasteiger charge is -2.16. The van der Waals surface area contributed by atoms with Gasteiger partial charge in [-0.2, -0.15) is 0 Å². The molecule has 1 rings (SSSR count). The van der Waals surface area contributed by atoms with Crippen LogP contribution in [-0.4, -0.2) is 29.5 Å². The van der Waals surface area contributed by atoms with Gasteiger partial charge in [0.05, 0.1) is 0 Å². The summed E-state index contributed by atoms with van der Waals surface area (Å²) in [5, 5.41) is 2.55. The van der Waals surface area contributed by atoms with Crippen LogP contribution in [0.15, 0.2) is 30.3 Å². The molecule has 5 nitrogen and oxygen atoms in total. The van der Waals surface area contributed by atoms with Crippen LogP contribution in [0.25, 0.3) is 0 Å². The van der Waals surface area contributed by atoms with E-state index in [1.807, 2.05) is 30.3 Å². The van der Waals surface area contributed by atoms with E-state index in [4.69, 9.17) is 10.5 Å². The minimum Gasteiger partial charge on any atom is -0.457 e. The van der Waals surface area contributed by atoms with Gasteiger partial charge in [-0.15, -0.1) is 0 Å². The fourth-order valence-corrected chi connectivity index (χ4v) is 1.59. The summed E-state index contributed by atoms with van der Waals surface area (Å²) >= 11 is 4.63. The van der Waals surface area contributed by atoms with Crippen LogP contribution >= 0.6 is 12.2 Å². The molecule has 0 spiro atoms. The molecule has 0 aromatic heterocycles. The number of hydrogen-bond acceptors (Lipinski definition) is 4. The molecule has 19 heavy (non-hydrogen) atoms. The maximum absolute atomic E-state index is 11.8. The highest BCUT2D eigenvalue weighted by Gasteiger charge is 2.21. The molecule has 0 bridgehead atoms. The molecule has 0 heterocycles. The van der Waals surface area contributed by atoms with Gasteiger partial charge in [0.25, 0.3) is 0 Å². The lowest BCUT2D eigenvalue weighted by Crippen LogP contribution is -2.43. The summed E-state index contributed by atoms with van der Waals surface area (Å²) in [5.41, 5.74) is 6.19. The van der Waals surface area contributed by atoms with Crippen LogP contribution in [0.3, 0.4) is 0 Å². The second-order valence-electron chi connectivity index (χ2n) is 4.02. The summed E-state index contributed by atoms with van der Waals surface area (Å²) in [5.74, 6) is -0.847. The minimum absolute atomic E-state index is 0.0923. The Balaban J connectivity index is 2.68. The summed E-state index contributed by atoms with van der Waals surface area (Å²) in [4.78, 5) is 23.0. The van der Waals surface area contributed by atoms with E-state index in [9.17, 15) is 9.59 Å². The summed E-state index contributed by atoms with van der Waals surface area (Å²) in [6, 6.07) is 8.60. The van der Waals surface area contributed by atoms with Gasteiger partial charge >= 0.3 is 5.97 Å². The van der Waals surface area contributed by atoms with Crippen LogP contribution in [0.1, 0.15) is 12.5 Å². The third kappa shape index (κ3) is 5.96. The predicted octanol–water partition coefficient (Wildman–Crippen LogP) is 0.563. The first-order valence-corrected chi connectivity index (χ1v) is 6.16. The van der Waals surface area contributed by atoms with Gasteiger partial charge in [-0.1, -0.05) is 42.5 Å². The van der Waals surface area contributed by atoms with E-state index in [-0.39, 0.29) is 17.5 Å². The zero-order valence-electron chi connectivity index (χ0n) is 10.6. The standard InChI is InChI=1S/C13H16N2O3S/c1-9(16)15-11(13(17)18-8-12(14)19)7-10-5-3-2-4-6-10/h2-6,11H,7-8H2,1H3,(H2,14,19)(H,15,16)/t11-/m0/s1. The van der Waals surface area contributed by atoms with E-state index in [2.05, 4.69) is 17.5 Å². The first-order chi connectivity index (χ1) is 8.99. The van der Waals surface area contributed by atoms with E-state index < -0.39 is 12.0 Å². The first kappa shape index (κ1) is 15.1. The number of amides is 1. The van der Waals surface area contributed by atoms with Crippen LogP contribution in [0.2, 0.25) is 0 Å². The average molecular weight is 280 g/mol. The number of nitrogens with two attached hydrogens (primary N) is 1. The number of carbonyl (C=O) groups excluding carboxylic acids is 2. The van der Waals surface area contributed by atoms with Crippen molar-refractivity contribution in [2.75, 3.05) is 6.61 Å². The van der Waals surface area contributed by atoms with Crippen LogP contribution in [0.5, 0.6) is 0 Å². The fourth-order valence-electron chi connectivity index (χ4n) is 1.53. The van der Waals surface area contributed by atoms with Crippen molar-refractivity contribution in [2.24, 2.45) is 5.73 Å². The third-order valence-electron chi connectivity index (χ3n) is 2.30. The summed E-state index contributed by atoms with van der Waals surface area (Å²) in [7, 11) is 0. The minimum atomic E-state index is -0.741. The molecule has 1 aromatic rings. The molecule has 3 N–H and O–H groups in total. The van der Waals surface area contributed by atoms with Gasteiger partial charge in [0.1, 0.15) is 17.6 Å². The predicted molar refractivity (Wildman–Crippen MR) is 75.5 cm³/mol. The Morgan fingerprint density at radius 2 is 2.00 bits per heavy atom. The van der Waals surface area contributed by atoms with Gasteiger partial charge in [0, 0.05) is 13.3 Å². The van der Waals surface area contributed by atoms with Gasteiger partial charge in [0.15, 0.2) is 0 Å². The number of nitrogens with one attached hydrogen (secondary N) is 1. The molecule has 0 saturated carbocycles. The quantitative estimate of drug-likeness (QED) is 0.588.